The molecular weight excluding hydrogens is 458 g/mol. The van der Waals surface area contributed by atoms with Gasteiger partial charge in [0.1, 0.15) is 12.4 Å². The van der Waals surface area contributed by atoms with Crippen LogP contribution in [0.15, 0.2) is 60.8 Å². The molecule has 4 aromatic rings. The summed E-state index contributed by atoms with van der Waals surface area (Å²) in [7, 11) is 0. The van der Waals surface area contributed by atoms with Gasteiger partial charge in [0.25, 0.3) is 0 Å². The summed E-state index contributed by atoms with van der Waals surface area (Å²) in [4.78, 5) is 30.5. The number of hydrogen-bond donors (Lipinski definition) is 2. The Morgan fingerprint density at radius 1 is 1.03 bits per heavy atom. The topological polar surface area (TPSA) is 119 Å². The fraction of sp³-hybridized carbons (Fsp3) is 0.296. The zero-order chi connectivity index (χ0) is 25.1. The number of aryl methyl sites for hydroxylation is 1. The van der Waals surface area contributed by atoms with Crippen molar-refractivity contribution < 1.29 is 19.4 Å². The second-order valence-electron chi connectivity index (χ2n) is 9.11. The molecule has 0 radical (unpaired) electrons. The number of pyridine rings is 2. The van der Waals surface area contributed by atoms with Gasteiger partial charge in [-0.1, -0.05) is 12.1 Å². The summed E-state index contributed by atoms with van der Waals surface area (Å²) in [6.45, 7) is 2.43. The van der Waals surface area contributed by atoms with E-state index in [0.717, 1.165) is 53.9 Å². The van der Waals surface area contributed by atoms with E-state index in [1.165, 1.54) is 0 Å². The molecule has 0 atom stereocenters. The van der Waals surface area contributed by atoms with Crippen molar-refractivity contribution in [2.45, 2.75) is 39.2 Å². The van der Waals surface area contributed by atoms with Crippen molar-refractivity contribution >= 4 is 23.5 Å². The maximum atomic E-state index is 12.0. The van der Waals surface area contributed by atoms with Crippen molar-refractivity contribution in [1.29, 1.82) is 0 Å². The van der Waals surface area contributed by atoms with Crippen LogP contribution in [-0.4, -0.2) is 36.6 Å². The number of anilines is 1. The average molecular weight is 486 g/mol. The van der Waals surface area contributed by atoms with Crippen LogP contribution >= 0.6 is 0 Å². The molecule has 9 heteroatoms. The average Bonchev–Trinajstić information content (AvgIpc) is 3.80. The Morgan fingerprint density at radius 2 is 1.78 bits per heavy atom. The van der Waals surface area contributed by atoms with E-state index in [9.17, 15) is 9.59 Å². The number of carbonyl (C=O) groups is 2. The van der Waals surface area contributed by atoms with Gasteiger partial charge in [-0.05, 0) is 75.1 Å². The zero-order valence-corrected chi connectivity index (χ0v) is 19.9. The second-order valence-corrected chi connectivity index (χ2v) is 9.11. The molecule has 1 amide bonds. The van der Waals surface area contributed by atoms with Crippen molar-refractivity contribution in [3.63, 3.8) is 0 Å². The molecule has 6 rings (SSSR count). The molecule has 3 heterocycles. The van der Waals surface area contributed by atoms with Gasteiger partial charge in [-0.25, -0.2) is 4.52 Å². The summed E-state index contributed by atoms with van der Waals surface area (Å²) < 4.78 is 7.61. The minimum absolute atomic E-state index is 0.00210. The minimum Gasteiger partial charge on any atom is -0.489 e. The third-order valence-electron chi connectivity index (χ3n) is 6.00. The molecule has 1 aromatic carbocycles. The van der Waals surface area contributed by atoms with E-state index in [1.54, 1.807) is 4.52 Å². The smallest absolute Gasteiger partial charge is 0.306 e. The van der Waals surface area contributed by atoms with Gasteiger partial charge in [0.05, 0.1) is 11.6 Å². The highest BCUT2D eigenvalue weighted by Crippen LogP contribution is 2.30. The number of nitrogens with one attached hydrogen (secondary N) is 1. The van der Waals surface area contributed by atoms with Gasteiger partial charge in [0.15, 0.2) is 5.65 Å². The lowest BCUT2D eigenvalue weighted by Crippen LogP contribution is -2.14. The molecule has 0 bridgehead atoms. The largest absolute Gasteiger partial charge is 0.489 e. The Bertz CT molecular complexity index is 1370. The number of aromatic nitrogens is 4. The first-order valence-electron chi connectivity index (χ1n) is 12.0. The van der Waals surface area contributed by atoms with Gasteiger partial charge >= 0.3 is 5.97 Å². The number of amides is 1. The lowest BCUT2D eigenvalue weighted by molar-refractivity contribution is -0.138. The maximum Gasteiger partial charge on any atom is 0.306 e. The van der Waals surface area contributed by atoms with E-state index < -0.39 is 5.97 Å². The van der Waals surface area contributed by atoms with E-state index in [0.29, 0.717) is 18.2 Å². The Morgan fingerprint density at radius 3 is 2.39 bits per heavy atom. The molecule has 9 nitrogen and oxygen atoms in total. The summed E-state index contributed by atoms with van der Waals surface area (Å²) in [6, 6.07) is 17.6. The quantitative estimate of drug-likeness (QED) is 0.395. The van der Waals surface area contributed by atoms with Gasteiger partial charge in [-0.2, -0.15) is 4.98 Å². The molecular formula is C27H27N5O4. The molecule has 0 saturated heterocycles. The Kier molecular flexibility index (Phi) is 6.62. The number of nitrogens with zero attached hydrogens (tertiary/aromatic N) is 4. The minimum atomic E-state index is -0.630. The number of fused-ring (bicyclic) bond motifs is 1. The number of carbonyl (C=O) groups excluding carboxylic acids is 1. The van der Waals surface area contributed by atoms with Gasteiger partial charge < -0.3 is 9.84 Å². The van der Waals surface area contributed by atoms with Crippen LogP contribution in [0.4, 0.5) is 5.95 Å². The van der Waals surface area contributed by atoms with Crippen LogP contribution < -0.4 is 10.1 Å². The summed E-state index contributed by atoms with van der Waals surface area (Å²) in [6.07, 6.45) is 5.51. The first-order valence-corrected chi connectivity index (χ1v) is 12.0. The number of hydrogen-bond acceptors (Lipinski definition) is 6. The fourth-order valence-electron chi connectivity index (χ4n) is 3.54. The predicted molar refractivity (Wildman–Crippen MR) is 133 cm³/mol. The van der Waals surface area contributed by atoms with Gasteiger partial charge in [0, 0.05) is 28.9 Å². The van der Waals surface area contributed by atoms with Gasteiger partial charge in [0.2, 0.25) is 11.9 Å². The first kappa shape index (κ1) is 23.5. The second kappa shape index (κ2) is 10.2. The van der Waals surface area contributed by atoms with Crippen molar-refractivity contribution in [2.75, 3.05) is 5.32 Å². The Balaban J connectivity index is 0.000000391. The third kappa shape index (κ3) is 5.86. The van der Waals surface area contributed by atoms with Crippen molar-refractivity contribution in [3.8, 4) is 17.0 Å². The maximum absolute atomic E-state index is 12.0. The summed E-state index contributed by atoms with van der Waals surface area (Å²) >= 11 is 0. The molecule has 0 aliphatic heterocycles. The molecule has 2 saturated carbocycles. The summed E-state index contributed by atoms with van der Waals surface area (Å²) in [5, 5.41) is 15.3. The van der Waals surface area contributed by atoms with Crippen LogP contribution in [0.1, 0.15) is 36.9 Å². The highest BCUT2D eigenvalue weighted by molar-refractivity contribution is 5.92. The number of carboxylic acids is 1. The standard InChI is InChI=1S/C23H21N5O2.C4H6O2/c1-15-5-6-16(13-24-15)14-30-19-11-9-17(10-12-19)20-3-2-4-21-25-23(27-28(20)21)26-22(29)18-7-8-18;5-4(6)3-1-2-3/h2-6,9-13,18H,7-8,14H2,1H3,(H,26,27,29);3H,1-2H2,(H,5,6). The Hall–Kier alpha value is -4.27. The fourth-order valence-corrected chi connectivity index (χ4v) is 3.54. The van der Waals surface area contributed by atoms with Gasteiger partial charge in [-0.3, -0.25) is 19.9 Å². The van der Waals surface area contributed by atoms with Crippen molar-refractivity contribution in [3.05, 3.63) is 72.1 Å². The lowest BCUT2D eigenvalue weighted by Gasteiger charge is -2.08. The zero-order valence-electron chi connectivity index (χ0n) is 19.9. The summed E-state index contributed by atoms with van der Waals surface area (Å²) in [5.74, 6) is 0.616. The van der Waals surface area contributed by atoms with Crippen LogP contribution in [0.25, 0.3) is 16.9 Å². The van der Waals surface area contributed by atoms with E-state index >= 15 is 0 Å². The van der Waals surface area contributed by atoms with E-state index in [1.807, 2.05) is 67.7 Å². The molecule has 3 aromatic heterocycles. The van der Waals surface area contributed by atoms with E-state index in [4.69, 9.17) is 9.84 Å². The van der Waals surface area contributed by atoms with Crippen molar-refractivity contribution in [2.24, 2.45) is 11.8 Å². The monoisotopic (exact) mass is 485 g/mol. The molecule has 0 unspecified atom stereocenters. The summed E-state index contributed by atoms with van der Waals surface area (Å²) in [5.41, 5.74) is 4.57. The van der Waals surface area contributed by atoms with Crippen LogP contribution in [0.3, 0.4) is 0 Å². The molecule has 2 aliphatic rings. The van der Waals surface area contributed by atoms with Crippen LogP contribution in [0.5, 0.6) is 5.75 Å². The molecule has 2 aliphatic carbocycles. The van der Waals surface area contributed by atoms with Crippen LogP contribution in [0.2, 0.25) is 0 Å². The number of aliphatic carboxylic acids is 1. The molecule has 2 N–H and O–H groups in total. The highest BCUT2D eigenvalue weighted by atomic mass is 16.5. The lowest BCUT2D eigenvalue weighted by atomic mass is 10.1. The molecule has 184 valence electrons. The number of ether oxygens (including phenoxy) is 1. The Labute approximate surface area is 208 Å². The normalized spacial score (nSPS) is 14.6. The van der Waals surface area contributed by atoms with E-state index in [2.05, 4.69) is 20.4 Å². The molecule has 0 spiro atoms. The highest BCUT2D eigenvalue weighted by Gasteiger charge is 2.30. The number of rotatable bonds is 7. The number of benzene rings is 1. The third-order valence-corrected chi connectivity index (χ3v) is 6.00. The van der Waals surface area contributed by atoms with Gasteiger partial charge in [-0.15, -0.1) is 5.10 Å². The van der Waals surface area contributed by atoms with Crippen LogP contribution in [-0.2, 0) is 16.2 Å². The SMILES string of the molecule is Cc1ccc(COc2ccc(-c3cccc4nc(NC(=O)C5CC5)nn34)cc2)cn1.O=C(O)C1CC1. The first-order chi connectivity index (χ1) is 17.5. The molecule has 36 heavy (non-hydrogen) atoms. The molecule has 2 fully saturated rings. The van der Waals surface area contributed by atoms with Crippen molar-refractivity contribution in [1.82, 2.24) is 19.6 Å². The predicted octanol–water partition coefficient (Wildman–Crippen LogP) is 4.51. The van der Waals surface area contributed by atoms with E-state index in [-0.39, 0.29) is 17.7 Å². The number of carboxylic acid groups (broad SMARTS) is 1. The van der Waals surface area contributed by atoms with Crippen LogP contribution in [0, 0.1) is 18.8 Å².